The molecular weight excluding hydrogens is 464 g/mol. The van der Waals surface area contributed by atoms with Gasteiger partial charge < -0.3 is 9.64 Å². The van der Waals surface area contributed by atoms with Crippen LogP contribution < -0.4 is 0 Å². The van der Waals surface area contributed by atoms with Gasteiger partial charge in [-0.05, 0) is 49.6 Å². The summed E-state index contributed by atoms with van der Waals surface area (Å²) in [5.74, 6) is -0.576. The second-order valence-corrected chi connectivity index (χ2v) is 10.6. The Labute approximate surface area is 196 Å². The molecule has 1 saturated heterocycles. The van der Waals surface area contributed by atoms with Crippen molar-refractivity contribution >= 4 is 33.2 Å². The fourth-order valence-electron chi connectivity index (χ4n) is 3.68. The second kappa shape index (κ2) is 9.46. The van der Waals surface area contributed by atoms with Gasteiger partial charge in [-0.15, -0.1) is 11.3 Å². The van der Waals surface area contributed by atoms with Crippen LogP contribution in [0.1, 0.15) is 33.3 Å². The van der Waals surface area contributed by atoms with E-state index in [9.17, 15) is 18.0 Å². The van der Waals surface area contributed by atoms with E-state index in [1.165, 1.54) is 21.8 Å². The van der Waals surface area contributed by atoms with Crippen molar-refractivity contribution < 1.29 is 22.7 Å². The highest BCUT2D eigenvalue weighted by molar-refractivity contribution is 7.91. The fourth-order valence-corrected chi connectivity index (χ4v) is 6.24. The molecule has 1 fully saturated rings. The molecule has 9 nitrogen and oxygen atoms in total. The summed E-state index contributed by atoms with van der Waals surface area (Å²) in [6, 6.07) is 10.2. The first-order valence-corrected chi connectivity index (χ1v) is 12.8. The highest BCUT2D eigenvalue weighted by Crippen LogP contribution is 2.23. The SMILES string of the molecule is CCOC(=O)c1cnn(-c2ccc(C(=O)N3CCN(S(=O)(=O)c4cccs4)CC3)cc2)c1C. The summed E-state index contributed by atoms with van der Waals surface area (Å²) < 4.78 is 33.7. The van der Waals surface area contributed by atoms with Crippen LogP contribution in [0.4, 0.5) is 0 Å². The summed E-state index contributed by atoms with van der Waals surface area (Å²) in [7, 11) is -3.51. The number of hydrogen-bond donors (Lipinski definition) is 0. The number of esters is 1. The Morgan fingerprint density at radius 1 is 1.09 bits per heavy atom. The predicted molar refractivity (Wildman–Crippen MR) is 123 cm³/mol. The number of rotatable bonds is 6. The zero-order valence-electron chi connectivity index (χ0n) is 18.3. The topological polar surface area (TPSA) is 102 Å². The summed E-state index contributed by atoms with van der Waals surface area (Å²) in [5, 5.41) is 6.00. The van der Waals surface area contributed by atoms with E-state index >= 15 is 0 Å². The fraction of sp³-hybridized carbons (Fsp3) is 0.318. The van der Waals surface area contributed by atoms with E-state index in [4.69, 9.17) is 4.74 Å². The number of carbonyl (C=O) groups excluding carboxylic acids is 2. The standard InChI is InChI=1S/C22H24N4O5S2/c1-3-31-22(28)19-15-23-26(16(19)2)18-8-6-17(7-9-18)21(27)24-10-12-25(13-11-24)33(29,30)20-5-4-14-32-20/h4-9,14-15H,3,10-13H2,1-2H3. The molecule has 4 rings (SSSR count). The first-order chi connectivity index (χ1) is 15.8. The van der Waals surface area contributed by atoms with E-state index in [1.807, 2.05) is 0 Å². The average Bonchev–Trinajstić information content (AvgIpc) is 3.50. The normalized spacial score (nSPS) is 14.9. The lowest BCUT2D eigenvalue weighted by atomic mass is 10.1. The highest BCUT2D eigenvalue weighted by Gasteiger charge is 2.31. The highest BCUT2D eigenvalue weighted by atomic mass is 32.2. The first-order valence-electron chi connectivity index (χ1n) is 10.5. The molecule has 0 bridgehead atoms. The number of benzene rings is 1. The van der Waals surface area contributed by atoms with Crippen molar-refractivity contribution in [1.82, 2.24) is 19.0 Å². The quantitative estimate of drug-likeness (QED) is 0.494. The molecule has 0 atom stereocenters. The largest absolute Gasteiger partial charge is 0.462 e. The summed E-state index contributed by atoms with van der Waals surface area (Å²) in [6.45, 7) is 4.98. The lowest BCUT2D eigenvalue weighted by Crippen LogP contribution is -2.50. The molecule has 0 spiro atoms. The lowest BCUT2D eigenvalue weighted by Gasteiger charge is -2.33. The number of nitrogens with zero attached hydrogens (tertiary/aromatic N) is 4. The number of hydrogen-bond acceptors (Lipinski definition) is 7. The molecule has 1 aromatic carbocycles. The summed E-state index contributed by atoms with van der Waals surface area (Å²) in [5.41, 5.74) is 2.26. The Morgan fingerprint density at radius 2 is 1.79 bits per heavy atom. The molecule has 11 heteroatoms. The van der Waals surface area contributed by atoms with Crippen molar-refractivity contribution in [2.24, 2.45) is 0 Å². The van der Waals surface area contributed by atoms with Gasteiger partial charge in [-0.3, -0.25) is 4.79 Å². The predicted octanol–water partition coefficient (Wildman–Crippen LogP) is 2.57. The number of thiophene rings is 1. The van der Waals surface area contributed by atoms with E-state index in [2.05, 4.69) is 5.10 Å². The van der Waals surface area contributed by atoms with Crippen LogP contribution >= 0.6 is 11.3 Å². The van der Waals surface area contributed by atoms with Gasteiger partial charge >= 0.3 is 5.97 Å². The zero-order valence-corrected chi connectivity index (χ0v) is 19.9. The van der Waals surface area contributed by atoms with Crippen LogP contribution in [0.5, 0.6) is 0 Å². The Balaban J connectivity index is 1.42. The van der Waals surface area contributed by atoms with Gasteiger partial charge in [0.25, 0.3) is 15.9 Å². The number of piperazine rings is 1. The Kier molecular flexibility index (Phi) is 6.63. The van der Waals surface area contributed by atoms with Crippen LogP contribution in [0.2, 0.25) is 0 Å². The molecule has 3 heterocycles. The maximum atomic E-state index is 12.9. The number of aromatic nitrogens is 2. The van der Waals surface area contributed by atoms with Crippen LogP contribution in [0, 0.1) is 6.92 Å². The average molecular weight is 489 g/mol. The van der Waals surface area contributed by atoms with Gasteiger partial charge in [-0.25, -0.2) is 17.9 Å². The molecule has 0 N–H and O–H groups in total. The van der Waals surface area contributed by atoms with Crippen LogP contribution in [-0.4, -0.2) is 72.1 Å². The van der Waals surface area contributed by atoms with Crippen LogP contribution in [-0.2, 0) is 14.8 Å². The van der Waals surface area contributed by atoms with Gasteiger partial charge in [-0.2, -0.15) is 9.40 Å². The molecule has 1 amide bonds. The van der Waals surface area contributed by atoms with E-state index < -0.39 is 16.0 Å². The van der Waals surface area contributed by atoms with Crippen LogP contribution in [0.3, 0.4) is 0 Å². The van der Waals surface area contributed by atoms with Gasteiger partial charge in [0.05, 0.1) is 24.2 Å². The lowest BCUT2D eigenvalue weighted by molar-refractivity contribution is 0.0525. The molecule has 1 aliphatic heterocycles. The maximum Gasteiger partial charge on any atom is 0.341 e. The van der Waals surface area contributed by atoms with Crippen molar-refractivity contribution in [2.45, 2.75) is 18.1 Å². The Bertz CT molecular complexity index is 1240. The van der Waals surface area contributed by atoms with Gasteiger partial charge in [0.2, 0.25) is 0 Å². The number of sulfonamides is 1. The Morgan fingerprint density at radius 3 is 2.39 bits per heavy atom. The minimum absolute atomic E-state index is 0.154. The van der Waals surface area contributed by atoms with Gasteiger partial charge in [-0.1, -0.05) is 6.07 Å². The molecule has 1 aliphatic rings. The molecule has 0 saturated carbocycles. The first kappa shape index (κ1) is 23.1. The minimum Gasteiger partial charge on any atom is -0.462 e. The Hall–Kier alpha value is -3.02. The zero-order chi connectivity index (χ0) is 23.6. The maximum absolute atomic E-state index is 12.9. The molecular formula is C22H24N4O5S2. The third-order valence-corrected chi connectivity index (χ3v) is 8.75. The molecule has 2 aromatic heterocycles. The molecule has 0 aliphatic carbocycles. The molecule has 0 unspecified atom stereocenters. The van der Waals surface area contributed by atoms with E-state index in [1.54, 1.807) is 65.2 Å². The van der Waals surface area contributed by atoms with Crippen molar-refractivity contribution in [3.63, 3.8) is 0 Å². The summed E-state index contributed by atoms with van der Waals surface area (Å²) in [6.07, 6.45) is 1.47. The monoisotopic (exact) mass is 488 g/mol. The number of ether oxygens (including phenoxy) is 1. The number of amides is 1. The van der Waals surface area contributed by atoms with Gasteiger partial charge in [0, 0.05) is 31.7 Å². The third kappa shape index (κ3) is 4.56. The summed E-state index contributed by atoms with van der Waals surface area (Å²) in [4.78, 5) is 26.6. The van der Waals surface area contributed by atoms with Gasteiger partial charge in [0.15, 0.2) is 0 Å². The number of carbonyl (C=O) groups is 2. The van der Waals surface area contributed by atoms with E-state index in [-0.39, 0.29) is 25.6 Å². The van der Waals surface area contributed by atoms with Crippen LogP contribution in [0.25, 0.3) is 5.69 Å². The molecule has 3 aromatic rings. The second-order valence-electron chi connectivity index (χ2n) is 7.45. The van der Waals surface area contributed by atoms with E-state index in [0.717, 1.165) is 0 Å². The van der Waals surface area contributed by atoms with E-state index in [0.29, 0.717) is 39.8 Å². The van der Waals surface area contributed by atoms with Crippen molar-refractivity contribution in [3.8, 4) is 5.69 Å². The minimum atomic E-state index is -3.51. The van der Waals surface area contributed by atoms with Crippen molar-refractivity contribution in [1.29, 1.82) is 0 Å². The van der Waals surface area contributed by atoms with Crippen molar-refractivity contribution in [3.05, 3.63) is 64.8 Å². The van der Waals surface area contributed by atoms with Gasteiger partial charge in [0.1, 0.15) is 9.77 Å². The van der Waals surface area contributed by atoms with Crippen molar-refractivity contribution in [2.75, 3.05) is 32.8 Å². The molecule has 0 radical (unpaired) electrons. The smallest absolute Gasteiger partial charge is 0.341 e. The molecule has 33 heavy (non-hydrogen) atoms. The summed E-state index contributed by atoms with van der Waals surface area (Å²) >= 11 is 1.19. The third-order valence-electron chi connectivity index (χ3n) is 5.48. The molecule has 174 valence electrons. The van der Waals surface area contributed by atoms with Crippen LogP contribution in [0.15, 0.2) is 52.2 Å².